The third kappa shape index (κ3) is 2.92. The van der Waals surface area contributed by atoms with Crippen LogP contribution in [0.3, 0.4) is 0 Å². The van der Waals surface area contributed by atoms with Crippen LogP contribution >= 0.6 is 0 Å². The van der Waals surface area contributed by atoms with Crippen molar-refractivity contribution >= 4 is 11.8 Å². The zero-order valence-electron chi connectivity index (χ0n) is 10.0. The second-order valence-electron chi connectivity index (χ2n) is 3.97. The van der Waals surface area contributed by atoms with Crippen molar-refractivity contribution in [1.82, 2.24) is 9.97 Å². The number of rotatable bonds is 4. The fraction of sp³-hybridized carbons (Fsp3) is 0.0769. The zero-order chi connectivity index (χ0) is 13.8. The quantitative estimate of drug-likeness (QED) is 0.817. The molecule has 0 aliphatic rings. The van der Waals surface area contributed by atoms with Gasteiger partial charge in [0.15, 0.2) is 0 Å². The highest BCUT2D eigenvalue weighted by Gasteiger charge is 2.13. The van der Waals surface area contributed by atoms with E-state index in [-0.39, 0.29) is 11.4 Å². The van der Waals surface area contributed by atoms with E-state index < -0.39 is 11.8 Å². The minimum absolute atomic E-state index is 0.0173. The summed E-state index contributed by atoms with van der Waals surface area (Å²) in [6.07, 6.45) is 3.80. The molecule has 0 aliphatic heterocycles. The lowest BCUT2D eigenvalue weighted by Crippen LogP contribution is -2.20. The molecule has 0 fully saturated rings. The fourth-order valence-corrected chi connectivity index (χ4v) is 1.70. The number of hydrogen-bond acceptors (Lipinski definition) is 4. The van der Waals surface area contributed by atoms with Crippen LogP contribution in [-0.2, 0) is 6.42 Å². The summed E-state index contributed by atoms with van der Waals surface area (Å²) in [5, 5.41) is 0. The molecular formula is C13H12N4O2. The van der Waals surface area contributed by atoms with Crippen LogP contribution in [0.1, 0.15) is 32.1 Å². The maximum absolute atomic E-state index is 11.4. The highest BCUT2D eigenvalue weighted by atomic mass is 16.1. The molecule has 0 saturated heterocycles. The van der Waals surface area contributed by atoms with Crippen LogP contribution in [0.2, 0.25) is 0 Å². The lowest BCUT2D eigenvalue weighted by molar-refractivity contribution is 0.0991. The van der Waals surface area contributed by atoms with E-state index in [1.165, 1.54) is 6.07 Å². The number of carbonyl (C=O) groups excluding carboxylic acids is 2. The molecule has 4 N–H and O–H groups in total. The molecule has 2 heterocycles. The van der Waals surface area contributed by atoms with Gasteiger partial charge in [0, 0.05) is 18.8 Å². The third-order valence-electron chi connectivity index (χ3n) is 2.58. The number of nitrogens with zero attached hydrogens (tertiary/aromatic N) is 2. The van der Waals surface area contributed by atoms with E-state index in [0.29, 0.717) is 12.0 Å². The summed E-state index contributed by atoms with van der Waals surface area (Å²) < 4.78 is 0. The van der Waals surface area contributed by atoms with Gasteiger partial charge in [-0.2, -0.15) is 0 Å². The zero-order valence-corrected chi connectivity index (χ0v) is 10.0. The van der Waals surface area contributed by atoms with Gasteiger partial charge < -0.3 is 11.5 Å². The number of nitrogens with two attached hydrogens (primary N) is 2. The van der Waals surface area contributed by atoms with Crippen molar-refractivity contribution in [3.63, 3.8) is 0 Å². The molecule has 2 amide bonds. The van der Waals surface area contributed by atoms with Crippen LogP contribution in [-0.4, -0.2) is 21.8 Å². The molecular weight excluding hydrogens is 244 g/mol. The lowest BCUT2D eigenvalue weighted by atomic mass is 10.0. The lowest BCUT2D eigenvalue weighted by Gasteiger charge is -2.07. The predicted octanol–water partition coefficient (Wildman–Crippen LogP) is 0.265. The average Bonchev–Trinajstić information content (AvgIpc) is 2.39. The molecule has 6 nitrogen and oxygen atoms in total. The topological polar surface area (TPSA) is 112 Å². The first-order valence-electron chi connectivity index (χ1n) is 5.56. The number of pyridine rings is 2. The maximum atomic E-state index is 11.4. The number of amides is 2. The highest BCUT2D eigenvalue weighted by molar-refractivity contribution is 5.96. The summed E-state index contributed by atoms with van der Waals surface area (Å²) in [6.45, 7) is 0. The third-order valence-corrected chi connectivity index (χ3v) is 2.58. The van der Waals surface area contributed by atoms with E-state index in [0.717, 1.165) is 5.56 Å². The Balaban J connectivity index is 2.40. The highest BCUT2D eigenvalue weighted by Crippen LogP contribution is 2.13. The number of hydrogen-bond donors (Lipinski definition) is 2. The van der Waals surface area contributed by atoms with Gasteiger partial charge in [-0.1, -0.05) is 12.1 Å². The van der Waals surface area contributed by atoms with Crippen molar-refractivity contribution in [2.75, 3.05) is 0 Å². The Labute approximate surface area is 109 Å². The largest absolute Gasteiger partial charge is 0.364 e. The smallest absolute Gasteiger partial charge is 0.267 e. The summed E-state index contributed by atoms with van der Waals surface area (Å²) in [6, 6.07) is 6.77. The Morgan fingerprint density at radius 1 is 1.11 bits per heavy atom. The van der Waals surface area contributed by atoms with Gasteiger partial charge in [0.1, 0.15) is 11.4 Å². The summed E-state index contributed by atoms with van der Waals surface area (Å²) >= 11 is 0. The molecule has 0 radical (unpaired) electrons. The van der Waals surface area contributed by atoms with E-state index in [1.807, 2.05) is 6.07 Å². The van der Waals surface area contributed by atoms with Crippen LogP contribution < -0.4 is 11.5 Å². The van der Waals surface area contributed by atoms with E-state index in [9.17, 15) is 9.59 Å². The maximum Gasteiger partial charge on any atom is 0.267 e. The first-order valence-corrected chi connectivity index (χ1v) is 5.56. The second-order valence-corrected chi connectivity index (χ2v) is 3.97. The molecule has 0 saturated carbocycles. The van der Waals surface area contributed by atoms with E-state index in [1.54, 1.807) is 24.5 Å². The molecule has 19 heavy (non-hydrogen) atoms. The van der Waals surface area contributed by atoms with Gasteiger partial charge in [-0.15, -0.1) is 0 Å². The average molecular weight is 256 g/mol. The van der Waals surface area contributed by atoms with Gasteiger partial charge in [0.25, 0.3) is 11.8 Å². The molecule has 6 heteroatoms. The van der Waals surface area contributed by atoms with Gasteiger partial charge in [0.05, 0.1) is 0 Å². The number of aromatic nitrogens is 2. The predicted molar refractivity (Wildman–Crippen MR) is 68.3 cm³/mol. The van der Waals surface area contributed by atoms with E-state index >= 15 is 0 Å². The molecule has 0 atom stereocenters. The molecule has 2 rings (SSSR count). The molecule has 0 aliphatic carbocycles. The summed E-state index contributed by atoms with van der Waals surface area (Å²) in [5.74, 6) is -1.39. The van der Waals surface area contributed by atoms with Crippen LogP contribution in [0.25, 0.3) is 0 Å². The van der Waals surface area contributed by atoms with E-state index in [2.05, 4.69) is 9.97 Å². The number of carbonyl (C=O) groups is 2. The fourth-order valence-electron chi connectivity index (χ4n) is 1.70. The van der Waals surface area contributed by atoms with Gasteiger partial charge in [-0.05, 0) is 23.3 Å². The van der Waals surface area contributed by atoms with E-state index in [4.69, 9.17) is 11.5 Å². The molecule has 0 unspecified atom stereocenters. The summed E-state index contributed by atoms with van der Waals surface area (Å²) in [7, 11) is 0. The molecule has 0 aromatic carbocycles. The Morgan fingerprint density at radius 3 is 2.47 bits per heavy atom. The molecule has 2 aromatic heterocycles. The van der Waals surface area contributed by atoms with Gasteiger partial charge >= 0.3 is 0 Å². The SMILES string of the molecule is NC(=O)c1ccc(Cc2cccnc2)c(C(N)=O)n1. The van der Waals surface area contributed by atoms with Gasteiger partial charge in [0.2, 0.25) is 0 Å². The summed E-state index contributed by atoms with van der Waals surface area (Å²) in [5.41, 5.74) is 12.0. The van der Waals surface area contributed by atoms with Crippen LogP contribution in [0.4, 0.5) is 0 Å². The van der Waals surface area contributed by atoms with Crippen LogP contribution in [0.15, 0.2) is 36.7 Å². The van der Waals surface area contributed by atoms with Crippen LogP contribution in [0, 0.1) is 0 Å². The Bertz CT molecular complexity index is 626. The van der Waals surface area contributed by atoms with Crippen molar-refractivity contribution in [2.45, 2.75) is 6.42 Å². The van der Waals surface area contributed by atoms with Gasteiger partial charge in [-0.3, -0.25) is 14.6 Å². The first kappa shape index (κ1) is 12.7. The van der Waals surface area contributed by atoms with Crippen LogP contribution in [0.5, 0.6) is 0 Å². The monoisotopic (exact) mass is 256 g/mol. The van der Waals surface area contributed by atoms with Gasteiger partial charge in [-0.25, -0.2) is 4.98 Å². The second kappa shape index (κ2) is 5.26. The standard InChI is InChI=1S/C13H12N4O2/c14-12(18)10-4-3-9(11(17-10)13(15)19)6-8-2-1-5-16-7-8/h1-5,7H,6H2,(H2,14,18)(H2,15,19). The normalized spacial score (nSPS) is 10.1. The Hall–Kier alpha value is -2.76. The minimum atomic E-state index is -0.699. The number of primary amides is 2. The Morgan fingerprint density at radius 2 is 1.89 bits per heavy atom. The van der Waals surface area contributed by atoms with Crippen molar-refractivity contribution in [3.8, 4) is 0 Å². The van der Waals surface area contributed by atoms with Crippen molar-refractivity contribution in [3.05, 3.63) is 59.2 Å². The minimum Gasteiger partial charge on any atom is -0.364 e. The molecule has 0 bridgehead atoms. The summed E-state index contributed by atoms with van der Waals surface area (Å²) in [4.78, 5) is 30.3. The van der Waals surface area contributed by atoms with Crippen molar-refractivity contribution in [1.29, 1.82) is 0 Å². The van der Waals surface area contributed by atoms with Crippen molar-refractivity contribution in [2.24, 2.45) is 11.5 Å². The first-order chi connectivity index (χ1) is 9.08. The molecule has 96 valence electrons. The molecule has 2 aromatic rings. The Kier molecular flexibility index (Phi) is 3.51. The van der Waals surface area contributed by atoms with Crippen molar-refractivity contribution < 1.29 is 9.59 Å². The molecule has 0 spiro atoms.